The van der Waals surface area contributed by atoms with E-state index in [0.29, 0.717) is 11.6 Å². The number of anilines is 3. The van der Waals surface area contributed by atoms with Crippen LogP contribution in [0.3, 0.4) is 0 Å². The Bertz CT molecular complexity index is 2520. The van der Waals surface area contributed by atoms with Crippen molar-refractivity contribution in [2.75, 3.05) is 10.7 Å². The number of fused-ring (bicyclic) bond motifs is 7. The fourth-order valence-electron chi connectivity index (χ4n) is 6.53. The van der Waals surface area contributed by atoms with Crippen molar-refractivity contribution in [1.29, 1.82) is 0 Å². The summed E-state index contributed by atoms with van der Waals surface area (Å²) in [5.41, 5.74) is 12.0. The van der Waals surface area contributed by atoms with Gasteiger partial charge in [0.15, 0.2) is 11.6 Å². The summed E-state index contributed by atoms with van der Waals surface area (Å²) in [5.74, 6) is 1.25. The number of nitrogens with one attached hydrogen (secondary N) is 2. The van der Waals surface area contributed by atoms with Crippen LogP contribution in [0.5, 0.6) is 0 Å². The average molecular weight is 593 g/mol. The molecule has 0 bridgehead atoms. The smallest absolute Gasteiger partial charge is 0.189 e. The standard InChI is InChI=1S/C40H28N6/c1-4-14-27(15-5-1)34-26-41-39(42-28-16-6-2-7-17-28)40(43-34)44-46-36-23-13-11-21-31(36)33-25-24-32-30-20-10-12-22-35(30)45(37(32)38(33)46)29-18-8-3-9-19-29/h1-26H,(H,41,42)(H,43,44). The minimum absolute atomic E-state index is 0.618. The highest BCUT2D eigenvalue weighted by molar-refractivity contribution is 6.23. The Kier molecular flexibility index (Phi) is 6.03. The van der Waals surface area contributed by atoms with E-state index in [0.717, 1.165) is 55.5 Å². The minimum Gasteiger partial charge on any atom is -0.337 e. The van der Waals surface area contributed by atoms with Gasteiger partial charge in [0.05, 0.1) is 34.0 Å². The molecule has 0 aliphatic rings. The first-order valence-corrected chi connectivity index (χ1v) is 15.4. The second-order valence-electron chi connectivity index (χ2n) is 11.3. The van der Waals surface area contributed by atoms with Crippen molar-refractivity contribution in [1.82, 2.24) is 19.2 Å². The van der Waals surface area contributed by atoms with Crippen molar-refractivity contribution in [3.05, 3.63) is 158 Å². The van der Waals surface area contributed by atoms with E-state index >= 15 is 0 Å². The molecule has 0 fully saturated rings. The van der Waals surface area contributed by atoms with Gasteiger partial charge in [-0.2, -0.15) is 0 Å². The Morgan fingerprint density at radius 3 is 1.80 bits per heavy atom. The summed E-state index contributed by atoms with van der Waals surface area (Å²) in [6.07, 6.45) is 1.82. The van der Waals surface area contributed by atoms with Crippen LogP contribution < -0.4 is 10.7 Å². The summed E-state index contributed by atoms with van der Waals surface area (Å²) < 4.78 is 4.56. The largest absolute Gasteiger partial charge is 0.337 e. The van der Waals surface area contributed by atoms with Gasteiger partial charge in [-0.15, -0.1) is 0 Å². The highest BCUT2D eigenvalue weighted by atomic mass is 15.4. The lowest BCUT2D eigenvalue weighted by Gasteiger charge is -2.17. The number of benzene rings is 6. The molecule has 0 unspecified atom stereocenters. The molecule has 0 saturated carbocycles. The van der Waals surface area contributed by atoms with Crippen LogP contribution in [0.1, 0.15) is 0 Å². The van der Waals surface area contributed by atoms with Gasteiger partial charge in [-0.05, 0) is 36.4 Å². The van der Waals surface area contributed by atoms with Crippen LogP contribution in [-0.4, -0.2) is 19.2 Å². The molecule has 3 aromatic heterocycles. The SMILES string of the molecule is c1ccc(Nc2ncc(-c3ccccc3)nc2Nn2c3ccccc3c3ccc4c5ccccc5n(-c5ccccc5)c4c32)cc1. The number of aromatic nitrogens is 4. The molecule has 3 heterocycles. The van der Waals surface area contributed by atoms with Gasteiger partial charge < -0.3 is 9.88 Å². The zero-order valence-electron chi connectivity index (χ0n) is 24.8. The van der Waals surface area contributed by atoms with E-state index in [1.165, 1.54) is 10.8 Å². The summed E-state index contributed by atoms with van der Waals surface area (Å²) in [6, 6.07) is 52.5. The van der Waals surface area contributed by atoms with Gasteiger partial charge >= 0.3 is 0 Å². The van der Waals surface area contributed by atoms with Gasteiger partial charge in [-0.3, -0.25) is 10.1 Å². The van der Waals surface area contributed by atoms with E-state index in [1.807, 2.05) is 54.7 Å². The molecule has 0 aliphatic heterocycles. The van der Waals surface area contributed by atoms with E-state index in [2.05, 4.69) is 123 Å². The van der Waals surface area contributed by atoms with Gasteiger partial charge in [0.1, 0.15) is 0 Å². The lowest BCUT2D eigenvalue weighted by Crippen LogP contribution is -2.13. The number of rotatable bonds is 6. The van der Waals surface area contributed by atoms with E-state index < -0.39 is 0 Å². The van der Waals surface area contributed by atoms with E-state index in [1.54, 1.807) is 0 Å². The topological polar surface area (TPSA) is 59.7 Å². The Morgan fingerprint density at radius 2 is 1.07 bits per heavy atom. The van der Waals surface area contributed by atoms with Gasteiger partial charge in [0, 0.05) is 38.5 Å². The molecule has 0 atom stereocenters. The summed E-state index contributed by atoms with van der Waals surface area (Å²) >= 11 is 0. The Labute approximate surface area is 265 Å². The summed E-state index contributed by atoms with van der Waals surface area (Å²) in [4.78, 5) is 10.1. The van der Waals surface area contributed by atoms with Crippen molar-refractivity contribution >= 4 is 60.9 Å². The first kappa shape index (κ1) is 26.0. The number of hydrogen-bond donors (Lipinski definition) is 2. The molecule has 9 aromatic rings. The molecule has 0 radical (unpaired) electrons. The molecular weight excluding hydrogens is 564 g/mol. The molecule has 6 nitrogen and oxygen atoms in total. The molecule has 0 saturated heterocycles. The van der Waals surface area contributed by atoms with Gasteiger partial charge in [0.2, 0.25) is 0 Å². The monoisotopic (exact) mass is 592 g/mol. The predicted octanol–water partition coefficient (Wildman–Crippen LogP) is 9.97. The first-order valence-electron chi connectivity index (χ1n) is 15.4. The van der Waals surface area contributed by atoms with Crippen molar-refractivity contribution < 1.29 is 0 Å². The van der Waals surface area contributed by atoms with Crippen LogP contribution in [0.4, 0.5) is 17.3 Å². The molecule has 0 spiro atoms. The van der Waals surface area contributed by atoms with Crippen molar-refractivity contribution in [3.8, 4) is 16.9 Å². The van der Waals surface area contributed by atoms with Crippen LogP contribution in [0.2, 0.25) is 0 Å². The van der Waals surface area contributed by atoms with Gasteiger partial charge in [0.25, 0.3) is 0 Å². The number of hydrogen-bond acceptors (Lipinski definition) is 4. The van der Waals surface area contributed by atoms with Crippen molar-refractivity contribution in [3.63, 3.8) is 0 Å². The third-order valence-electron chi connectivity index (χ3n) is 8.58. The quantitative estimate of drug-likeness (QED) is 0.202. The van der Waals surface area contributed by atoms with Crippen LogP contribution in [0.25, 0.3) is 60.6 Å². The van der Waals surface area contributed by atoms with Crippen LogP contribution in [-0.2, 0) is 0 Å². The Balaban J connectivity index is 1.35. The zero-order valence-corrected chi connectivity index (χ0v) is 24.8. The fourth-order valence-corrected chi connectivity index (χ4v) is 6.53. The maximum Gasteiger partial charge on any atom is 0.189 e. The fraction of sp³-hybridized carbons (Fsp3) is 0. The lowest BCUT2D eigenvalue weighted by molar-refractivity contribution is 1.02. The third kappa shape index (κ3) is 4.19. The molecule has 9 rings (SSSR count). The maximum absolute atomic E-state index is 5.17. The van der Waals surface area contributed by atoms with Gasteiger partial charge in [-0.1, -0.05) is 115 Å². The van der Waals surface area contributed by atoms with Crippen molar-refractivity contribution in [2.24, 2.45) is 0 Å². The summed E-state index contributed by atoms with van der Waals surface area (Å²) in [7, 11) is 0. The molecule has 218 valence electrons. The highest BCUT2D eigenvalue weighted by Gasteiger charge is 2.21. The summed E-state index contributed by atoms with van der Waals surface area (Å²) in [5, 5.41) is 8.20. The molecule has 6 heteroatoms. The molecule has 2 N–H and O–H groups in total. The molecule has 46 heavy (non-hydrogen) atoms. The molecule has 0 aliphatic carbocycles. The second kappa shape index (κ2) is 10.6. The first-order chi connectivity index (χ1) is 22.8. The average Bonchev–Trinajstić information content (AvgIpc) is 3.63. The summed E-state index contributed by atoms with van der Waals surface area (Å²) in [6.45, 7) is 0. The lowest BCUT2D eigenvalue weighted by atomic mass is 10.1. The number of nitrogens with zero attached hydrogens (tertiary/aromatic N) is 4. The van der Waals surface area contributed by atoms with Crippen molar-refractivity contribution in [2.45, 2.75) is 0 Å². The molecule has 6 aromatic carbocycles. The predicted molar refractivity (Wildman–Crippen MR) is 190 cm³/mol. The highest BCUT2D eigenvalue weighted by Crippen LogP contribution is 2.40. The molecular formula is C40H28N6. The van der Waals surface area contributed by atoms with Crippen LogP contribution >= 0.6 is 0 Å². The second-order valence-corrected chi connectivity index (χ2v) is 11.3. The van der Waals surface area contributed by atoms with Crippen LogP contribution in [0, 0.1) is 0 Å². The zero-order chi connectivity index (χ0) is 30.5. The van der Waals surface area contributed by atoms with Gasteiger partial charge in [-0.25, -0.2) is 9.97 Å². The van der Waals surface area contributed by atoms with E-state index in [-0.39, 0.29) is 0 Å². The maximum atomic E-state index is 5.17. The normalized spacial score (nSPS) is 11.5. The Hall–Kier alpha value is -6.40. The minimum atomic E-state index is 0.618. The van der Waals surface area contributed by atoms with E-state index in [4.69, 9.17) is 9.97 Å². The van der Waals surface area contributed by atoms with E-state index in [9.17, 15) is 0 Å². The number of para-hydroxylation sites is 4. The van der Waals surface area contributed by atoms with Crippen LogP contribution in [0.15, 0.2) is 158 Å². The molecule has 0 amide bonds. The third-order valence-corrected chi connectivity index (χ3v) is 8.58. The Morgan fingerprint density at radius 1 is 0.478 bits per heavy atom.